The van der Waals surface area contributed by atoms with Gasteiger partial charge < -0.3 is 16.8 Å². The first kappa shape index (κ1) is 13.4. The lowest BCUT2D eigenvalue weighted by Crippen LogP contribution is -2.44. The Kier molecular flexibility index (Phi) is 3.42. The predicted octanol–water partition coefficient (Wildman–Crippen LogP) is 1.69. The number of hydrogen-bond acceptors (Lipinski definition) is 3. The number of nitrogens with one attached hydrogen (secondary N) is 1. The van der Waals surface area contributed by atoms with E-state index in [0.717, 1.165) is 49.8 Å². The van der Waals surface area contributed by atoms with Gasteiger partial charge in [0.25, 0.3) is 0 Å². The van der Waals surface area contributed by atoms with Crippen LogP contribution in [0.5, 0.6) is 0 Å². The Labute approximate surface area is 119 Å². The zero-order valence-corrected chi connectivity index (χ0v) is 11.8. The van der Waals surface area contributed by atoms with E-state index in [9.17, 15) is 4.79 Å². The number of benzene rings is 1. The lowest BCUT2D eigenvalue weighted by atomic mass is 9.90. The monoisotopic (exact) mass is 273 g/mol. The number of amides is 1. The summed E-state index contributed by atoms with van der Waals surface area (Å²) in [6, 6.07) is 8.34. The molecule has 0 radical (unpaired) electrons. The van der Waals surface area contributed by atoms with Crippen LogP contribution in [0.3, 0.4) is 0 Å². The van der Waals surface area contributed by atoms with Gasteiger partial charge in [-0.3, -0.25) is 4.79 Å². The zero-order valence-electron chi connectivity index (χ0n) is 11.8. The molecule has 0 unspecified atom stereocenters. The smallest absolute Gasteiger partial charge is 0.230 e. The minimum Gasteiger partial charge on any atom is -0.399 e. The molecule has 3 rings (SSSR count). The first-order chi connectivity index (χ1) is 9.60. The normalized spacial score (nSPS) is 27.9. The molecule has 0 aromatic heterocycles. The topological polar surface area (TPSA) is 81.1 Å². The number of nitrogen functional groups attached to an aromatic ring is 1. The molecule has 4 heteroatoms. The molecule has 0 atom stereocenters. The SMILES string of the molecule is Nc1ccc(C2(C(=O)NC3CCC(N)CC3)CC2)cc1. The first-order valence-electron chi connectivity index (χ1n) is 7.53. The van der Waals surface area contributed by atoms with Crippen molar-refractivity contribution in [3.63, 3.8) is 0 Å². The largest absolute Gasteiger partial charge is 0.399 e. The third-order valence-corrected chi connectivity index (χ3v) is 4.75. The molecule has 2 aliphatic rings. The van der Waals surface area contributed by atoms with Crippen molar-refractivity contribution in [2.75, 3.05) is 5.73 Å². The van der Waals surface area contributed by atoms with Crippen LogP contribution in [0.15, 0.2) is 24.3 Å². The van der Waals surface area contributed by atoms with Crippen LogP contribution < -0.4 is 16.8 Å². The highest BCUT2D eigenvalue weighted by Crippen LogP contribution is 2.48. The molecule has 4 nitrogen and oxygen atoms in total. The molecule has 1 amide bonds. The van der Waals surface area contributed by atoms with Crippen molar-refractivity contribution in [1.29, 1.82) is 0 Å². The highest BCUT2D eigenvalue weighted by Gasteiger charge is 2.51. The Bertz CT molecular complexity index is 485. The Morgan fingerprint density at radius 3 is 2.25 bits per heavy atom. The number of carbonyl (C=O) groups excluding carboxylic acids is 1. The molecule has 2 aliphatic carbocycles. The maximum atomic E-state index is 12.6. The van der Waals surface area contributed by atoms with Gasteiger partial charge in [0.15, 0.2) is 0 Å². The van der Waals surface area contributed by atoms with Crippen molar-refractivity contribution in [2.24, 2.45) is 5.73 Å². The van der Waals surface area contributed by atoms with Crippen LogP contribution in [0.2, 0.25) is 0 Å². The summed E-state index contributed by atoms with van der Waals surface area (Å²) in [5.74, 6) is 0.183. The second-order valence-electron chi connectivity index (χ2n) is 6.29. The molecule has 108 valence electrons. The average Bonchev–Trinajstić information content (AvgIpc) is 3.24. The van der Waals surface area contributed by atoms with E-state index in [1.54, 1.807) is 0 Å². The molecule has 20 heavy (non-hydrogen) atoms. The van der Waals surface area contributed by atoms with Gasteiger partial charge in [0.05, 0.1) is 5.41 Å². The van der Waals surface area contributed by atoms with Gasteiger partial charge in [0, 0.05) is 17.8 Å². The predicted molar refractivity (Wildman–Crippen MR) is 80.1 cm³/mol. The third kappa shape index (κ3) is 2.52. The highest BCUT2D eigenvalue weighted by molar-refractivity contribution is 5.91. The number of hydrogen-bond donors (Lipinski definition) is 3. The van der Waals surface area contributed by atoms with E-state index in [1.807, 2.05) is 24.3 Å². The summed E-state index contributed by atoms with van der Waals surface area (Å²) in [5, 5.41) is 3.23. The van der Waals surface area contributed by atoms with Gasteiger partial charge in [-0.05, 0) is 56.2 Å². The van der Waals surface area contributed by atoms with Gasteiger partial charge in [-0.1, -0.05) is 12.1 Å². The van der Waals surface area contributed by atoms with E-state index in [2.05, 4.69) is 5.32 Å². The van der Waals surface area contributed by atoms with E-state index in [1.165, 1.54) is 0 Å². The van der Waals surface area contributed by atoms with Crippen LogP contribution in [0, 0.1) is 0 Å². The molecule has 5 N–H and O–H groups in total. The van der Waals surface area contributed by atoms with E-state index >= 15 is 0 Å². The van der Waals surface area contributed by atoms with Gasteiger partial charge in [0.2, 0.25) is 5.91 Å². The Hall–Kier alpha value is -1.55. The summed E-state index contributed by atoms with van der Waals surface area (Å²) in [7, 11) is 0. The van der Waals surface area contributed by atoms with E-state index in [4.69, 9.17) is 11.5 Å². The molecule has 0 heterocycles. The summed E-state index contributed by atoms with van der Waals surface area (Å²) in [6.07, 6.45) is 5.92. The summed E-state index contributed by atoms with van der Waals surface area (Å²) in [4.78, 5) is 12.6. The lowest BCUT2D eigenvalue weighted by Gasteiger charge is -2.28. The number of anilines is 1. The maximum absolute atomic E-state index is 12.6. The van der Waals surface area contributed by atoms with Gasteiger partial charge in [-0.2, -0.15) is 0 Å². The van der Waals surface area contributed by atoms with Crippen LogP contribution in [0.25, 0.3) is 0 Å². The fourth-order valence-electron chi connectivity index (χ4n) is 3.16. The second kappa shape index (κ2) is 5.09. The molecule has 1 aromatic carbocycles. The van der Waals surface area contributed by atoms with Crippen LogP contribution in [0.1, 0.15) is 44.1 Å². The molecule has 0 bridgehead atoms. The number of nitrogens with two attached hydrogens (primary N) is 2. The summed E-state index contributed by atoms with van der Waals surface area (Å²) >= 11 is 0. The summed E-state index contributed by atoms with van der Waals surface area (Å²) in [5.41, 5.74) is 13.2. The fraction of sp³-hybridized carbons (Fsp3) is 0.562. The fourth-order valence-corrected chi connectivity index (χ4v) is 3.16. The Morgan fingerprint density at radius 1 is 1.10 bits per heavy atom. The van der Waals surface area contributed by atoms with Gasteiger partial charge >= 0.3 is 0 Å². The van der Waals surface area contributed by atoms with Crippen LogP contribution in [0.4, 0.5) is 5.69 Å². The average molecular weight is 273 g/mol. The van der Waals surface area contributed by atoms with Gasteiger partial charge in [0.1, 0.15) is 0 Å². The quantitative estimate of drug-likeness (QED) is 0.733. The molecular formula is C16H23N3O. The molecule has 0 spiro atoms. The zero-order chi connectivity index (χ0) is 14.2. The van der Waals surface area contributed by atoms with E-state index in [-0.39, 0.29) is 11.3 Å². The molecule has 2 fully saturated rings. The van der Waals surface area contributed by atoms with E-state index < -0.39 is 0 Å². The lowest BCUT2D eigenvalue weighted by molar-refractivity contribution is -0.124. The van der Waals surface area contributed by atoms with Crippen molar-refractivity contribution in [3.05, 3.63) is 29.8 Å². The van der Waals surface area contributed by atoms with Crippen molar-refractivity contribution < 1.29 is 4.79 Å². The van der Waals surface area contributed by atoms with Crippen LogP contribution in [-0.2, 0) is 10.2 Å². The number of rotatable bonds is 3. The summed E-state index contributed by atoms with van der Waals surface area (Å²) in [6.45, 7) is 0. The summed E-state index contributed by atoms with van der Waals surface area (Å²) < 4.78 is 0. The number of carbonyl (C=O) groups is 1. The molecule has 2 saturated carbocycles. The Balaban J connectivity index is 1.66. The van der Waals surface area contributed by atoms with Gasteiger partial charge in [-0.25, -0.2) is 0 Å². The Morgan fingerprint density at radius 2 is 1.70 bits per heavy atom. The standard InChI is InChI=1S/C16H23N3O/c17-12-3-1-11(2-4-12)16(9-10-16)15(20)19-14-7-5-13(18)6-8-14/h1-4,13-14H,5-10,17-18H2,(H,19,20). The molecule has 1 aromatic rings. The van der Waals surface area contributed by atoms with Crippen LogP contribution in [-0.4, -0.2) is 18.0 Å². The minimum absolute atomic E-state index is 0.183. The van der Waals surface area contributed by atoms with Crippen molar-refractivity contribution in [2.45, 2.75) is 56.0 Å². The molecule has 0 aliphatic heterocycles. The maximum Gasteiger partial charge on any atom is 0.230 e. The van der Waals surface area contributed by atoms with E-state index in [0.29, 0.717) is 12.1 Å². The first-order valence-corrected chi connectivity index (χ1v) is 7.53. The van der Waals surface area contributed by atoms with Crippen molar-refractivity contribution in [1.82, 2.24) is 5.32 Å². The van der Waals surface area contributed by atoms with Crippen molar-refractivity contribution in [3.8, 4) is 0 Å². The second-order valence-corrected chi connectivity index (χ2v) is 6.29. The van der Waals surface area contributed by atoms with Gasteiger partial charge in [-0.15, -0.1) is 0 Å². The molecular weight excluding hydrogens is 250 g/mol. The third-order valence-electron chi connectivity index (χ3n) is 4.75. The van der Waals surface area contributed by atoms with Crippen molar-refractivity contribution >= 4 is 11.6 Å². The molecule has 0 saturated heterocycles. The highest BCUT2D eigenvalue weighted by atomic mass is 16.2. The minimum atomic E-state index is -0.298. The van der Waals surface area contributed by atoms with Crippen LogP contribution >= 0.6 is 0 Å².